The van der Waals surface area contributed by atoms with Gasteiger partial charge in [-0.15, -0.1) is 0 Å². The maximum atomic E-state index is 12.6. The van der Waals surface area contributed by atoms with Crippen LogP contribution in [0.15, 0.2) is 60.9 Å². The number of halogens is 3. The van der Waals surface area contributed by atoms with Crippen molar-refractivity contribution >= 4 is 0 Å². The quantitative estimate of drug-likeness (QED) is 0.703. The van der Waals surface area contributed by atoms with Gasteiger partial charge in [-0.25, -0.2) is 4.98 Å². The van der Waals surface area contributed by atoms with Crippen LogP contribution in [0.3, 0.4) is 0 Å². The van der Waals surface area contributed by atoms with E-state index in [1.165, 1.54) is 19.2 Å². The molecule has 1 N–H and O–H groups in total. The number of methoxy groups -OCH3 is 1. The Labute approximate surface area is 141 Å². The maximum Gasteiger partial charge on any atom is 0.416 e. The summed E-state index contributed by atoms with van der Waals surface area (Å²) in [5.41, 5.74) is 0.636. The van der Waals surface area contributed by atoms with Crippen molar-refractivity contribution in [2.75, 3.05) is 7.11 Å². The zero-order valence-corrected chi connectivity index (χ0v) is 13.2. The van der Waals surface area contributed by atoms with Gasteiger partial charge in [0.1, 0.15) is 5.75 Å². The number of H-pyrrole nitrogens is 1. The molecular weight excluding hydrogens is 333 g/mol. The predicted octanol–water partition coefficient (Wildman–Crippen LogP) is 4.38. The van der Waals surface area contributed by atoms with Gasteiger partial charge in [0, 0.05) is 12.3 Å². The number of hydrogen-bond acceptors (Lipinski definition) is 3. The number of nitrogens with one attached hydrogen (secondary N) is 1. The van der Waals surface area contributed by atoms with Crippen LogP contribution in [-0.2, 0) is 6.18 Å². The molecule has 0 amide bonds. The summed E-state index contributed by atoms with van der Waals surface area (Å²) in [5.74, 6) is 1.04. The van der Waals surface area contributed by atoms with Crippen molar-refractivity contribution in [3.05, 3.63) is 66.5 Å². The van der Waals surface area contributed by atoms with Crippen molar-refractivity contribution in [1.29, 1.82) is 0 Å². The van der Waals surface area contributed by atoms with E-state index in [1.54, 1.807) is 30.6 Å². The number of alkyl halides is 3. The molecule has 25 heavy (non-hydrogen) atoms. The molecular formula is C18H14F3N2O2+. The molecule has 2 heterocycles. The van der Waals surface area contributed by atoms with Gasteiger partial charge in [-0.1, -0.05) is 0 Å². The van der Waals surface area contributed by atoms with E-state index in [-0.39, 0.29) is 11.6 Å². The zero-order valence-electron chi connectivity index (χ0n) is 13.2. The highest BCUT2D eigenvalue weighted by Crippen LogP contribution is 2.35. The van der Waals surface area contributed by atoms with Crippen LogP contribution in [0.4, 0.5) is 13.2 Å². The molecule has 3 rings (SSSR count). The lowest BCUT2D eigenvalue weighted by atomic mass is 10.1. The summed E-state index contributed by atoms with van der Waals surface area (Å²) in [4.78, 5) is 7.15. The minimum Gasteiger partial charge on any atom is -0.447 e. The van der Waals surface area contributed by atoms with Crippen LogP contribution >= 0.6 is 0 Å². The standard InChI is InChI=1S/C18H13F3N2O2/c1-24-16-14(4-2-10-22-16)15-5-3-11-23-17(15)25-13-8-6-12(7-9-13)18(19,20)21/h2-11H,1H3/p+1. The first-order valence-corrected chi connectivity index (χ1v) is 7.34. The van der Waals surface area contributed by atoms with E-state index in [0.29, 0.717) is 11.4 Å². The average Bonchev–Trinajstić information content (AvgIpc) is 2.62. The van der Waals surface area contributed by atoms with Crippen molar-refractivity contribution < 1.29 is 27.6 Å². The summed E-state index contributed by atoms with van der Waals surface area (Å²) in [6.45, 7) is 0. The van der Waals surface area contributed by atoms with Crippen LogP contribution in [0.25, 0.3) is 11.1 Å². The van der Waals surface area contributed by atoms with Crippen LogP contribution in [0.1, 0.15) is 5.56 Å². The Kier molecular flexibility index (Phi) is 4.56. The van der Waals surface area contributed by atoms with Gasteiger partial charge in [0.05, 0.1) is 23.8 Å². The van der Waals surface area contributed by atoms with Crippen molar-refractivity contribution in [2.45, 2.75) is 6.18 Å². The molecule has 0 radical (unpaired) electrons. The highest BCUT2D eigenvalue weighted by Gasteiger charge is 2.30. The van der Waals surface area contributed by atoms with E-state index in [9.17, 15) is 13.2 Å². The van der Waals surface area contributed by atoms with Gasteiger partial charge in [-0.3, -0.25) is 0 Å². The molecule has 1 aromatic carbocycles. The smallest absolute Gasteiger partial charge is 0.416 e. The molecule has 7 heteroatoms. The molecule has 0 bridgehead atoms. The van der Waals surface area contributed by atoms with Gasteiger partial charge in [0.2, 0.25) is 5.88 Å². The molecule has 0 aliphatic rings. The zero-order chi connectivity index (χ0) is 17.9. The fourth-order valence-electron chi connectivity index (χ4n) is 2.30. The van der Waals surface area contributed by atoms with Gasteiger partial charge >= 0.3 is 12.1 Å². The molecule has 4 nitrogen and oxygen atoms in total. The molecule has 0 atom stereocenters. The molecule has 0 unspecified atom stereocenters. The number of pyridine rings is 2. The molecule has 0 spiro atoms. The normalized spacial score (nSPS) is 11.2. The fraction of sp³-hybridized carbons (Fsp3) is 0.111. The number of rotatable bonds is 4. The number of nitrogens with zero attached hydrogens (tertiary/aromatic N) is 1. The summed E-state index contributed by atoms with van der Waals surface area (Å²) >= 11 is 0. The highest BCUT2D eigenvalue weighted by molar-refractivity contribution is 5.71. The van der Waals surface area contributed by atoms with Crippen LogP contribution in [0.2, 0.25) is 0 Å². The van der Waals surface area contributed by atoms with E-state index in [4.69, 9.17) is 9.47 Å². The largest absolute Gasteiger partial charge is 0.447 e. The third kappa shape index (κ3) is 3.71. The molecule has 3 aromatic rings. The Bertz CT molecular complexity index is 865. The Balaban J connectivity index is 1.94. The molecule has 0 aliphatic heterocycles. The maximum absolute atomic E-state index is 12.6. The lowest BCUT2D eigenvalue weighted by molar-refractivity contribution is -0.392. The molecule has 2 aromatic heterocycles. The number of hydrogen-bond donors (Lipinski definition) is 0. The van der Waals surface area contributed by atoms with E-state index < -0.39 is 11.7 Å². The van der Waals surface area contributed by atoms with Crippen LogP contribution in [-0.4, -0.2) is 12.1 Å². The molecule has 0 aliphatic carbocycles. The summed E-state index contributed by atoms with van der Waals surface area (Å²) in [7, 11) is 1.53. The fourth-order valence-corrected chi connectivity index (χ4v) is 2.30. The average molecular weight is 347 g/mol. The number of ether oxygens (including phenoxy) is 2. The summed E-state index contributed by atoms with van der Waals surface area (Å²) in [6, 6.07) is 11.6. The lowest BCUT2D eigenvalue weighted by Crippen LogP contribution is -2.07. The monoisotopic (exact) mass is 347 g/mol. The van der Waals surface area contributed by atoms with Crippen LogP contribution in [0.5, 0.6) is 17.5 Å². The van der Waals surface area contributed by atoms with E-state index >= 15 is 0 Å². The minimum absolute atomic E-state index is 0.256. The van der Waals surface area contributed by atoms with Crippen molar-refractivity contribution in [2.24, 2.45) is 0 Å². The second-order valence-corrected chi connectivity index (χ2v) is 5.10. The Morgan fingerprint density at radius 1 is 0.960 bits per heavy atom. The molecule has 128 valence electrons. The number of benzene rings is 1. The minimum atomic E-state index is -4.39. The van der Waals surface area contributed by atoms with Crippen molar-refractivity contribution in [3.63, 3.8) is 0 Å². The number of aromatic amines is 1. The second-order valence-electron chi connectivity index (χ2n) is 5.10. The van der Waals surface area contributed by atoms with Gasteiger partial charge < -0.3 is 9.47 Å². The van der Waals surface area contributed by atoms with E-state index in [1.807, 2.05) is 6.07 Å². The molecule has 0 saturated carbocycles. The van der Waals surface area contributed by atoms with Gasteiger partial charge in [0.15, 0.2) is 6.20 Å². The van der Waals surface area contributed by atoms with Crippen LogP contribution in [0, 0.1) is 0 Å². The van der Waals surface area contributed by atoms with Crippen LogP contribution < -0.4 is 14.5 Å². The van der Waals surface area contributed by atoms with Crippen molar-refractivity contribution in [3.8, 4) is 28.6 Å². The second kappa shape index (κ2) is 6.80. The first kappa shape index (κ1) is 16.8. The number of aromatic nitrogens is 2. The van der Waals surface area contributed by atoms with E-state index in [0.717, 1.165) is 17.7 Å². The third-order valence-electron chi connectivity index (χ3n) is 3.48. The SMILES string of the molecule is COc1[nH+]cccc1-c1cccnc1Oc1ccc(C(F)(F)F)cc1. The summed E-state index contributed by atoms with van der Waals surface area (Å²) < 4.78 is 48.9. The Morgan fingerprint density at radius 2 is 1.68 bits per heavy atom. The molecule has 0 fully saturated rings. The van der Waals surface area contributed by atoms with Gasteiger partial charge in [-0.2, -0.15) is 18.2 Å². The Hall–Kier alpha value is -3.09. The first-order valence-electron chi connectivity index (χ1n) is 7.34. The summed E-state index contributed by atoms with van der Waals surface area (Å²) in [5, 5.41) is 0. The molecule has 0 saturated heterocycles. The van der Waals surface area contributed by atoms with E-state index in [2.05, 4.69) is 9.97 Å². The van der Waals surface area contributed by atoms with Crippen molar-refractivity contribution in [1.82, 2.24) is 4.98 Å². The first-order chi connectivity index (χ1) is 12.0. The predicted molar refractivity (Wildman–Crippen MR) is 84.3 cm³/mol. The summed E-state index contributed by atoms with van der Waals surface area (Å²) in [6.07, 6.45) is -1.13. The van der Waals surface area contributed by atoms with Gasteiger partial charge in [-0.05, 0) is 42.5 Å². The third-order valence-corrected chi connectivity index (χ3v) is 3.48. The lowest BCUT2D eigenvalue weighted by Gasteiger charge is -2.11. The van der Waals surface area contributed by atoms with Gasteiger partial charge in [0.25, 0.3) is 0 Å². The highest BCUT2D eigenvalue weighted by atomic mass is 19.4. The Morgan fingerprint density at radius 3 is 2.36 bits per heavy atom. The topological polar surface area (TPSA) is 45.5 Å².